The van der Waals surface area contributed by atoms with Crippen LogP contribution in [0.4, 0.5) is 0 Å². The second-order valence-electron chi connectivity index (χ2n) is 4.90. The van der Waals surface area contributed by atoms with Gasteiger partial charge in [-0.15, -0.1) is 11.6 Å². The summed E-state index contributed by atoms with van der Waals surface area (Å²) in [7, 11) is 0. The summed E-state index contributed by atoms with van der Waals surface area (Å²) in [6, 6.07) is 0. The second-order valence-corrected chi connectivity index (χ2v) is 5.64. The van der Waals surface area contributed by atoms with E-state index in [0.717, 1.165) is 19.3 Å². The third-order valence-corrected chi connectivity index (χ3v) is 3.21. The zero-order valence-electron chi connectivity index (χ0n) is 11.1. The Morgan fingerprint density at radius 1 is 0.941 bits per heavy atom. The minimum atomic E-state index is -0.668. The van der Waals surface area contributed by atoms with Crippen molar-refractivity contribution in [3.05, 3.63) is 0 Å². The molecule has 0 amide bonds. The molecule has 0 aromatic carbocycles. The molecule has 1 N–H and O–H groups in total. The van der Waals surface area contributed by atoms with Crippen LogP contribution >= 0.6 is 11.6 Å². The molecule has 102 valence electrons. The molecule has 0 radical (unpaired) electrons. The van der Waals surface area contributed by atoms with Gasteiger partial charge in [0.1, 0.15) is 0 Å². The van der Waals surface area contributed by atoms with E-state index in [1.807, 2.05) is 0 Å². The third-order valence-electron chi connectivity index (χ3n) is 2.99. The lowest BCUT2D eigenvalue weighted by atomic mass is 10.1. The molecule has 1 atom stereocenters. The topological polar surface area (TPSA) is 37.3 Å². The van der Waals surface area contributed by atoms with Crippen LogP contribution in [-0.2, 0) is 4.79 Å². The summed E-state index contributed by atoms with van der Waals surface area (Å²) >= 11 is 5.87. The van der Waals surface area contributed by atoms with Crippen molar-refractivity contribution in [3.63, 3.8) is 0 Å². The zero-order chi connectivity index (χ0) is 12.9. The highest BCUT2D eigenvalue weighted by molar-refractivity contribution is 6.20. The second kappa shape index (κ2) is 12.2. The van der Waals surface area contributed by atoms with Gasteiger partial charge in [-0.05, 0) is 19.8 Å². The van der Waals surface area contributed by atoms with Gasteiger partial charge in [-0.2, -0.15) is 0 Å². The first-order valence-electron chi connectivity index (χ1n) is 6.99. The minimum absolute atomic E-state index is 0.323. The molecular formula is C14H27ClO2. The van der Waals surface area contributed by atoms with Crippen molar-refractivity contribution in [1.29, 1.82) is 0 Å². The number of hydrogen-bond donors (Lipinski definition) is 1. The van der Waals surface area contributed by atoms with E-state index in [1.54, 1.807) is 0 Å². The Balaban J connectivity index is 2.96. The Kier molecular flexibility index (Phi) is 12.1. The lowest BCUT2D eigenvalue weighted by molar-refractivity contribution is -0.137. The highest BCUT2D eigenvalue weighted by atomic mass is 35.5. The van der Waals surface area contributed by atoms with Crippen LogP contribution in [0.3, 0.4) is 0 Å². The molecule has 0 aliphatic carbocycles. The van der Waals surface area contributed by atoms with Crippen LogP contribution in [0, 0.1) is 0 Å². The van der Waals surface area contributed by atoms with Gasteiger partial charge in [0.25, 0.3) is 0 Å². The minimum Gasteiger partial charge on any atom is -0.481 e. The number of carboxylic acids is 1. The van der Waals surface area contributed by atoms with E-state index < -0.39 is 5.97 Å². The van der Waals surface area contributed by atoms with Crippen molar-refractivity contribution in [1.82, 2.24) is 0 Å². The van der Waals surface area contributed by atoms with E-state index in [9.17, 15) is 4.79 Å². The van der Waals surface area contributed by atoms with Gasteiger partial charge in [0, 0.05) is 11.8 Å². The largest absolute Gasteiger partial charge is 0.481 e. The Bertz CT molecular complexity index is 181. The molecule has 0 aliphatic rings. The number of aliphatic carboxylic acids is 1. The normalized spacial score (nSPS) is 12.6. The van der Waals surface area contributed by atoms with Gasteiger partial charge in [0.15, 0.2) is 0 Å². The van der Waals surface area contributed by atoms with Gasteiger partial charge < -0.3 is 5.11 Å². The maximum atomic E-state index is 10.3. The molecule has 0 bridgehead atoms. The summed E-state index contributed by atoms with van der Waals surface area (Å²) in [5, 5.41) is 8.79. The number of halogens is 1. The highest BCUT2D eigenvalue weighted by Crippen LogP contribution is 2.13. The number of carboxylic acid groups (broad SMARTS) is 1. The maximum absolute atomic E-state index is 10.3. The van der Waals surface area contributed by atoms with Crippen LogP contribution < -0.4 is 0 Å². The van der Waals surface area contributed by atoms with Crippen molar-refractivity contribution in [3.8, 4) is 0 Å². The summed E-state index contributed by atoms with van der Waals surface area (Å²) in [6.07, 6.45) is 12.3. The summed E-state index contributed by atoms with van der Waals surface area (Å²) < 4.78 is 0. The highest BCUT2D eigenvalue weighted by Gasteiger charge is 1.97. The Labute approximate surface area is 111 Å². The van der Waals surface area contributed by atoms with Gasteiger partial charge >= 0.3 is 5.97 Å². The maximum Gasteiger partial charge on any atom is 0.303 e. The summed E-state index contributed by atoms with van der Waals surface area (Å²) in [5.41, 5.74) is 0. The van der Waals surface area contributed by atoms with Crippen molar-refractivity contribution in [2.75, 3.05) is 0 Å². The third kappa shape index (κ3) is 15.8. The van der Waals surface area contributed by atoms with Gasteiger partial charge in [0.2, 0.25) is 0 Å². The predicted octanol–water partition coefficient (Wildman–Crippen LogP) is 4.99. The van der Waals surface area contributed by atoms with E-state index in [1.165, 1.54) is 44.9 Å². The van der Waals surface area contributed by atoms with Gasteiger partial charge in [0.05, 0.1) is 0 Å². The molecule has 0 aromatic heterocycles. The smallest absolute Gasteiger partial charge is 0.303 e. The van der Waals surface area contributed by atoms with Gasteiger partial charge in [-0.3, -0.25) is 4.79 Å². The number of carbonyl (C=O) groups is 1. The summed E-state index contributed by atoms with van der Waals surface area (Å²) in [5.74, 6) is -0.668. The van der Waals surface area contributed by atoms with E-state index in [2.05, 4.69) is 6.92 Å². The van der Waals surface area contributed by atoms with Gasteiger partial charge in [-0.1, -0.05) is 51.4 Å². The van der Waals surface area contributed by atoms with Crippen LogP contribution in [0.25, 0.3) is 0 Å². The molecule has 0 spiro atoms. The molecule has 0 fully saturated rings. The molecule has 2 nitrogen and oxygen atoms in total. The number of alkyl halides is 1. The average molecular weight is 263 g/mol. The molecular weight excluding hydrogens is 236 g/mol. The van der Waals surface area contributed by atoms with Crippen LogP contribution in [0.15, 0.2) is 0 Å². The fourth-order valence-corrected chi connectivity index (χ4v) is 2.09. The number of rotatable bonds is 12. The summed E-state index contributed by atoms with van der Waals surface area (Å²) in [6.45, 7) is 2.05. The molecule has 0 heterocycles. The van der Waals surface area contributed by atoms with Gasteiger partial charge in [-0.25, -0.2) is 0 Å². The van der Waals surface area contributed by atoms with Crippen LogP contribution in [0.1, 0.15) is 77.6 Å². The molecule has 0 aromatic rings. The van der Waals surface area contributed by atoms with Crippen LogP contribution in [0.2, 0.25) is 0 Å². The first-order chi connectivity index (χ1) is 8.13. The molecule has 1 unspecified atom stereocenters. The van der Waals surface area contributed by atoms with Crippen molar-refractivity contribution in [2.45, 2.75) is 82.9 Å². The van der Waals surface area contributed by atoms with E-state index in [4.69, 9.17) is 16.7 Å². The number of unbranched alkanes of at least 4 members (excludes halogenated alkanes) is 8. The first kappa shape index (κ1) is 16.8. The van der Waals surface area contributed by atoms with E-state index >= 15 is 0 Å². The van der Waals surface area contributed by atoms with Crippen molar-refractivity contribution in [2.24, 2.45) is 0 Å². The number of hydrogen-bond acceptors (Lipinski definition) is 1. The molecule has 3 heteroatoms. The SMILES string of the molecule is CC(Cl)CCCCCCCCCCCC(=O)O. The Hall–Kier alpha value is -0.240. The Morgan fingerprint density at radius 3 is 1.76 bits per heavy atom. The fraction of sp³-hybridized carbons (Fsp3) is 0.929. The molecule has 17 heavy (non-hydrogen) atoms. The van der Waals surface area contributed by atoms with E-state index in [-0.39, 0.29) is 0 Å². The van der Waals surface area contributed by atoms with Crippen LogP contribution in [0.5, 0.6) is 0 Å². The average Bonchev–Trinajstić information content (AvgIpc) is 2.25. The standard InChI is InChI=1S/C14H27ClO2/c1-13(15)11-9-7-5-3-2-4-6-8-10-12-14(16)17/h13H,2-12H2,1H3,(H,16,17). The molecule has 0 rings (SSSR count). The van der Waals surface area contributed by atoms with E-state index in [0.29, 0.717) is 11.8 Å². The lowest BCUT2D eigenvalue weighted by Gasteiger charge is -2.03. The molecule has 0 aliphatic heterocycles. The summed E-state index contributed by atoms with van der Waals surface area (Å²) in [4.78, 5) is 10.3. The fourth-order valence-electron chi connectivity index (χ4n) is 1.94. The quantitative estimate of drug-likeness (QED) is 0.397. The lowest BCUT2D eigenvalue weighted by Crippen LogP contribution is -1.93. The van der Waals surface area contributed by atoms with Crippen molar-refractivity contribution >= 4 is 17.6 Å². The molecule has 0 saturated heterocycles. The van der Waals surface area contributed by atoms with Crippen LogP contribution in [-0.4, -0.2) is 16.5 Å². The molecule has 0 saturated carbocycles. The van der Waals surface area contributed by atoms with Crippen molar-refractivity contribution < 1.29 is 9.90 Å². The predicted molar refractivity (Wildman–Crippen MR) is 73.7 cm³/mol. The zero-order valence-corrected chi connectivity index (χ0v) is 11.8. The Morgan fingerprint density at radius 2 is 1.35 bits per heavy atom. The first-order valence-corrected chi connectivity index (χ1v) is 7.42. The monoisotopic (exact) mass is 262 g/mol.